The molecule has 12 unspecified atom stereocenters. The maximum absolute atomic E-state index is 12.9. The van der Waals surface area contributed by atoms with Gasteiger partial charge in [0.2, 0.25) is 5.91 Å². The highest BCUT2D eigenvalue weighted by Gasteiger charge is 2.50. The zero-order valence-corrected chi connectivity index (χ0v) is 32.7. The van der Waals surface area contributed by atoms with E-state index in [0.29, 0.717) is 6.42 Å². The van der Waals surface area contributed by atoms with Crippen LogP contribution < -0.4 is 5.32 Å². The van der Waals surface area contributed by atoms with Gasteiger partial charge in [0.25, 0.3) is 0 Å². The van der Waals surface area contributed by atoms with Crippen LogP contribution in [0, 0.1) is 0 Å². The first kappa shape index (κ1) is 48.6. The fourth-order valence-corrected chi connectivity index (χ4v) is 6.64. The van der Waals surface area contributed by atoms with Gasteiger partial charge in [-0.15, -0.1) is 0 Å². The Bertz CT molecular complexity index is 1010. The summed E-state index contributed by atoms with van der Waals surface area (Å²) >= 11 is 0. The van der Waals surface area contributed by atoms with Crippen LogP contribution in [-0.2, 0) is 23.7 Å². The predicted octanol–water partition coefficient (Wildman–Crippen LogP) is 2.65. The number of allylic oxidation sites excluding steroid dienone is 3. The first-order chi connectivity index (χ1) is 26.1. The van der Waals surface area contributed by atoms with Gasteiger partial charge in [0.15, 0.2) is 12.6 Å². The summed E-state index contributed by atoms with van der Waals surface area (Å²) in [4.78, 5) is 12.9. The van der Waals surface area contributed by atoms with Crippen molar-refractivity contribution in [2.24, 2.45) is 0 Å². The highest BCUT2D eigenvalue weighted by atomic mass is 16.7. The van der Waals surface area contributed by atoms with Crippen molar-refractivity contribution >= 4 is 5.91 Å². The van der Waals surface area contributed by atoms with Crippen LogP contribution in [0.3, 0.4) is 0 Å². The van der Waals surface area contributed by atoms with Crippen molar-refractivity contribution in [1.82, 2.24) is 5.32 Å². The van der Waals surface area contributed by atoms with Gasteiger partial charge in [0.05, 0.1) is 32.0 Å². The van der Waals surface area contributed by atoms with E-state index in [1.54, 1.807) is 12.2 Å². The summed E-state index contributed by atoms with van der Waals surface area (Å²) < 4.78 is 22.4. The molecule has 0 aromatic heterocycles. The monoisotopic (exact) mass is 776 g/mol. The van der Waals surface area contributed by atoms with E-state index >= 15 is 0 Å². The number of nitrogens with one attached hydrogen (secondary N) is 1. The molecule has 9 N–H and O–H groups in total. The van der Waals surface area contributed by atoms with Gasteiger partial charge in [-0.3, -0.25) is 4.79 Å². The van der Waals surface area contributed by atoms with E-state index in [1.165, 1.54) is 64.2 Å². The molecule has 2 aliphatic rings. The molecule has 0 aromatic rings. The Balaban J connectivity index is 1.78. The summed E-state index contributed by atoms with van der Waals surface area (Å²) in [6.45, 7) is 2.51. The molecule has 2 fully saturated rings. The number of ether oxygens (including phenoxy) is 4. The van der Waals surface area contributed by atoms with Crippen molar-refractivity contribution in [2.75, 3.05) is 19.8 Å². The number of carbonyl (C=O) groups excluding carboxylic acids is 1. The van der Waals surface area contributed by atoms with Gasteiger partial charge >= 0.3 is 0 Å². The fourth-order valence-electron chi connectivity index (χ4n) is 6.64. The van der Waals surface area contributed by atoms with Crippen molar-refractivity contribution in [1.29, 1.82) is 0 Å². The van der Waals surface area contributed by atoms with Crippen LogP contribution in [0.5, 0.6) is 0 Å². The third-order valence-corrected chi connectivity index (χ3v) is 10.1. The zero-order chi connectivity index (χ0) is 39.7. The maximum Gasteiger partial charge on any atom is 0.220 e. The normalized spacial score (nSPS) is 30.3. The molecule has 2 heterocycles. The van der Waals surface area contributed by atoms with Crippen LogP contribution >= 0.6 is 0 Å². The SMILES string of the molecule is CCC/C=C/C(O)C(COC1OC(CO)C(OC2OC(CO)C(O)C(O)C2O)C(O)C1O)NC(=O)CCCCCCCCC/C=C\CCCCCCCC. The summed E-state index contributed by atoms with van der Waals surface area (Å²) in [5, 5.41) is 85.5. The van der Waals surface area contributed by atoms with E-state index in [-0.39, 0.29) is 18.9 Å². The van der Waals surface area contributed by atoms with Crippen LogP contribution in [-0.4, -0.2) is 140 Å². The van der Waals surface area contributed by atoms with Crippen LogP contribution in [0.25, 0.3) is 0 Å². The molecular formula is C40H73NO13. The molecule has 14 heteroatoms. The molecule has 316 valence electrons. The second-order valence-corrected chi connectivity index (χ2v) is 14.8. The lowest BCUT2D eigenvalue weighted by molar-refractivity contribution is -0.359. The fraction of sp³-hybridized carbons (Fsp3) is 0.875. The van der Waals surface area contributed by atoms with Crippen LogP contribution in [0.15, 0.2) is 24.3 Å². The minimum Gasteiger partial charge on any atom is -0.394 e. The predicted molar refractivity (Wildman–Crippen MR) is 203 cm³/mol. The molecule has 2 saturated heterocycles. The minimum absolute atomic E-state index is 0.259. The van der Waals surface area contributed by atoms with E-state index in [4.69, 9.17) is 18.9 Å². The number of hydrogen-bond donors (Lipinski definition) is 9. The molecule has 0 saturated carbocycles. The Morgan fingerprint density at radius 3 is 1.80 bits per heavy atom. The van der Waals surface area contributed by atoms with E-state index < -0.39 is 86.8 Å². The Morgan fingerprint density at radius 2 is 1.20 bits per heavy atom. The number of aliphatic hydroxyl groups is 8. The highest BCUT2D eigenvalue weighted by Crippen LogP contribution is 2.29. The standard InChI is InChI=1S/C40H73NO13/c1-3-5-7-8-9-10-11-12-13-14-15-16-17-18-19-20-22-24-32(45)41-28(29(44)23-21-6-4-2)27-51-39-37(50)35(48)38(31(26-43)53-39)54-40-36(49)34(47)33(46)30(25-42)52-40/h12-13,21,23,28-31,33-40,42-44,46-50H,3-11,14-20,22,24-27H2,1-2H3,(H,41,45)/b13-12-,23-21+. The number of unbranched alkanes of at least 4 members (excludes halogenated alkanes) is 14. The summed E-state index contributed by atoms with van der Waals surface area (Å²) in [7, 11) is 0. The molecule has 0 spiro atoms. The molecule has 0 aliphatic carbocycles. The molecular weight excluding hydrogens is 702 g/mol. The summed E-state index contributed by atoms with van der Waals surface area (Å²) in [6.07, 6.45) is 10.6. The molecule has 0 aromatic carbocycles. The molecule has 1 amide bonds. The Labute approximate surface area is 322 Å². The third-order valence-electron chi connectivity index (χ3n) is 10.1. The van der Waals surface area contributed by atoms with Gasteiger partial charge < -0.3 is 65.1 Å². The lowest BCUT2D eigenvalue weighted by Gasteiger charge is -2.46. The Hall–Kier alpha value is -1.53. The van der Waals surface area contributed by atoms with Crippen molar-refractivity contribution in [3.8, 4) is 0 Å². The first-order valence-corrected chi connectivity index (χ1v) is 20.6. The van der Waals surface area contributed by atoms with Crippen molar-refractivity contribution in [2.45, 2.75) is 203 Å². The van der Waals surface area contributed by atoms with E-state index in [0.717, 1.165) is 38.5 Å². The molecule has 2 rings (SSSR count). The quantitative estimate of drug-likeness (QED) is 0.0394. The van der Waals surface area contributed by atoms with Crippen LogP contribution in [0.2, 0.25) is 0 Å². The number of hydrogen-bond acceptors (Lipinski definition) is 13. The number of amides is 1. The average Bonchev–Trinajstić information content (AvgIpc) is 3.16. The Kier molecular flexibility index (Phi) is 25.9. The van der Waals surface area contributed by atoms with E-state index in [2.05, 4.69) is 24.4 Å². The second kappa shape index (κ2) is 28.8. The van der Waals surface area contributed by atoms with E-state index in [9.17, 15) is 45.6 Å². The number of rotatable bonds is 29. The zero-order valence-electron chi connectivity index (χ0n) is 32.7. The Morgan fingerprint density at radius 1 is 0.648 bits per heavy atom. The average molecular weight is 776 g/mol. The molecule has 0 radical (unpaired) electrons. The topological polar surface area (TPSA) is 228 Å². The molecule has 54 heavy (non-hydrogen) atoms. The lowest BCUT2D eigenvalue weighted by atomic mass is 9.97. The highest BCUT2D eigenvalue weighted by molar-refractivity contribution is 5.76. The van der Waals surface area contributed by atoms with Gasteiger partial charge in [0, 0.05) is 6.42 Å². The second-order valence-electron chi connectivity index (χ2n) is 14.8. The minimum atomic E-state index is -1.78. The molecule has 0 bridgehead atoms. The van der Waals surface area contributed by atoms with Gasteiger partial charge in [0.1, 0.15) is 48.8 Å². The molecule has 14 nitrogen and oxygen atoms in total. The van der Waals surface area contributed by atoms with Gasteiger partial charge in [-0.05, 0) is 38.5 Å². The summed E-state index contributed by atoms with van der Waals surface area (Å²) in [5.74, 6) is -0.259. The smallest absolute Gasteiger partial charge is 0.220 e. The van der Waals surface area contributed by atoms with Crippen LogP contribution in [0.1, 0.15) is 129 Å². The van der Waals surface area contributed by atoms with Gasteiger partial charge in [-0.25, -0.2) is 0 Å². The third kappa shape index (κ3) is 17.7. The van der Waals surface area contributed by atoms with Gasteiger partial charge in [-0.1, -0.05) is 109 Å². The van der Waals surface area contributed by atoms with Crippen molar-refractivity contribution in [3.63, 3.8) is 0 Å². The largest absolute Gasteiger partial charge is 0.394 e. The molecule has 12 atom stereocenters. The van der Waals surface area contributed by atoms with Gasteiger partial charge in [-0.2, -0.15) is 0 Å². The van der Waals surface area contributed by atoms with Crippen molar-refractivity contribution in [3.05, 3.63) is 24.3 Å². The lowest BCUT2D eigenvalue weighted by Crippen LogP contribution is -2.65. The maximum atomic E-state index is 12.9. The molecule has 2 aliphatic heterocycles. The van der Waals surface area contributed by atoms with Crippen LogP contribution in [0.4, 0.5) is 0 Å². The van der Waals surface area contributed by atoms with Crippen molar-refractivity contribution < 1.29 is 64.6 Å². The first-order valence-electron chi connectivity index (χ1n) is 20.6. The summed E-state index contributed by atoms with van der Waals surface area (Å²) in [5.41, 5.74) is 0. The number of aliphatic hydroxyl groups excluding tert-OH is 8. The van der Waals surface area contributed by atoms with E-state index in [1.807, 2.05) is 6.92 Å². The summed E-state index contributed by atoms with van der Waals surface area (Å²) in [6, 6.07) is -0.908. The number of carbonyl (C=O) groups is 1.